The number of carbonyl (C=O) groups excluding carboxylic acids is 1. The van der Waals surface area contributed by atoms with Gasteiger partial charge in [0.1, 0.15) is 5.82 Å². The van der Waals surface area contributed by atoms with Crippen molar-refractivity contribution in [1.29, 1.82) is 0 Å². The van der Waals surface area contributed by atoms with Gasteiger partial charge in [0.25, 0.3) is 0 Å². The Morgan fingerprint density at radius 1 is 1.46 bits per heavy atom. The van der Waals surface area contributed by atoms with Crippen LogP contribution in [0, 0.1) is 18.2 Å². The normalized spacial score (nSPS) is 15.3. The van der Waals surface area contributed by atoms with Gasteiger partial charge in [-0.3, -0.25) is 4.79 Å². The second kappa shape index (κ2) is 6.68. The van der Waals surface area contributed by atoms with Crippen molar-refractivity contribution in [2.45, 2.75) is 32.6 Å². The number of halogens is 1. The van der Waals surface area contributed by atoms with E-state index in [1.54, 1.807) is 19.1 Å². The predicted molar refractivity (Wildman–Crippen MR) is 84.5 cm³/mol. The molecular weight excluding hydrogens is 313 g/mol. The lowest BCUT2D eigenvalue weighted by molar-refractivity contribution is -0.121. The van der Waals surface area contributed by atoms with E-state index in [1.165, 1.54) is 6.07 Å². The van der Waals surface area contributed by atoms with E-state index in [0.717, 1.165) is 12.8 Å². The molecule has 1 aromatic carbocycles. The van der Waals surface area contributed by atoms with E-state index >= 15 is 0 Å². The van der Waals surface area contributed by atoms with Crippen LogP contribution in [0.5, 0.6) is 0 Å². The van der Waals surface area contributed by atoms with Gasteiger partial charge in [-0.2, -0.15) is 4.98 Å². The van der Waals surface area contributed by atoms with Crippen LogP contribution < -0.4 is 5.32 Å². The molecule has 128 valence electrons. The molecule has 0 aliphatic heterocycles. The summed E-state index contributed by atoms with van der Waals surface area (Å²) in [6.45, 7) is 2.28. The summed E-state index contributed by atoms with van der Waals surface area (Å²) in [5.74, 6) is 0.360. The van der Waals surface area contributed by atoms with Crippen LogP contribution in [0.4, 0.5) is 4.39 Å². The van der Waals surface area contributed by atoms with E-state index < -0.39 is 0 Å². The van der Waals surface area contributed by atoms with Crippen molar-refractivity contribution in [1.82, 2.24) is 15.5 Å². The molecule has 24 heavy (non-hydrogen) atoms. The van der Waals surface area contributed by atoms with E-state index in [-0.39, 0.29) is 30.2 Å². The first-order valence-corrected chi connectivity index (χ1v) is 7.98. The lowest BCUT2D eigenvalue weighted by Gasteiger charge is -2.12. The molecule has 1 amide bonds. The zero-order chi connectivity index (χ0) is 17.2. The first-order chi connectivity index (χ1) is 11.5. The molecule has 3 rings (SSSR count). The molecule has 0 spiro atoms. The smallest absolute Gasteiger partial charge is 0.227 e. The summed E-state index contributed by atoms with van der Waals surface area (Å²) >= 11 is 0. The highest BCUT2D eigenvalue weighted by Gasteiger charge is 2.41. The zero-order valence-electron chi connectivity index (χ0n) is 13.5. The van der Waals surface area contributed by atoms with Gasteiger partial charge in [0.05, 0.1) is 6.61 Å². The summed E-state index contributed by atoms with van der Waals surface area (Å²) in [5, 5.41) is 15.9. The lowest BCUT2D eigenvalue weighted by atomic mass is 10.1. The minimum absolute atomic E-state index is 0.103. The fraction of sp³-hybridized carbons (Fsp3) is 0.471. The first kappa shape index (κ1) is 16.6. The summed E-state index contributed by atoms with van der Waals surface area (Å²) < 4.78 is 18.4. The Kier molecular flexibility index (Phi) is 4.62. The van der Waals surface area contributed by atoms with Crippen LogP contribution in [-0.4, -0.2) is 34.3 Å². The number of benzene rings is 1. The Balaban J connectivity index is 1.52. The van der Waals surface area contributed by atoms with Gasteiger partial charge in [0.15, 0.2) is 0 Å². The highest BCUT2D eigenvalue weighted by Crippen LogP contribution is 2.44. The number of hydrogen-bond donors (Lipinski definition) is 2. The fourth-order valence-corrected chi connectivity index (χ4v) is 2.42. The van der Waals surface area contributed by atoms with E-state index in [2.05, 4.69) is 15.5 Å². The highest BCUT2D eigenvalue weighted by atomic mass is 19.1. The molecule has 0 atom stereocenters. The quantitative estimate of drug-likeness (QED) is 0.809. The fourth-order valence-electron chi connectivity index (χ4n) is 2.42. The molecule has 0 unspecified atom stereocenters. The number of aliphatic hydroxyl groups excluding tert-OH is 1. The molecule has 0 bridgehead atoms. The number of hydrogen-bond acceptors (Lipinski definition) is 5. The average Bonchev–Trinajstić information content (AvgIpc) is 3.22. The number of nitrogens with one attached hydrogen (secondary N) is 1. The maximum absolute atomic E-state index is 13.3. The zero-order valence-corrected chi connectivity index (χ0v) is 13.5. The second-order valence-corrected chi connectivity index (χ2v) is 6.41. The highest BCUT2D eigenvalue weighted by molar-refractivity contribution is 5.76. The Hall–Kier alpha value is -2.28. The molecule has 6 nitrogen and oxygen atoms in total. The predicted octanol–water partition coefficient (Wildman–Crippen LogP) is 2.01. The molecule has 0 saturated heterocycles. The Bertz CT molecular complexity index is 740. The monoisotopic (exact) mass is 333 g/mol. The van der Waals surface area contributed by atoms with Crippen LogP contribution in [0.15, 0.2) is 22.7 Å². The van der Waals surface area contributed by atoms with Gasteiger partial charge in [-0.05, 0) is 43.5 Å². The van der Waals surface area contributed by atoms with E-state index in [4.69, 9.17) is 4.52 Å². The molecule has 1 aliphatic rings. The average molecular weight is 333 g/mol. The molecule has 0 radical (unpaired) electrons. The van der Waals surface area contributed by atoms with Gasteiger partial charge >= 0.3 is 0 Å². The summed E-state index contributed by atoms with van der Waals surface area (Å²) in [4.78, 5) is 16.1. The van der Waals surface area contributed by atoms with Gasteiger partial charge in [-0.25, -0.2) is 4.39 Å². The molecule has 2 N–H and O–H groups in total. The van der Waals surface area contributed by atoms with Crippen LogP contribution >= 0.6 is 0 Å². The van der Waals surface area contributed by atoms with Crippen molar-refractivity contribution in [3.05, 3.63) is 35.5 Å². The first-order valence-electron chi connectivity index (χ1n) is 7.98. The summed E-state index contributed by atoms with van der Waals surface area (Å²) in [6, 6.07) is 4.61. The third-order valence-electron chi connectivity index (χ3n) is 4.40. The topological polar surface area (TPSA) is 88.2 Å². The van der Waals surface area contributed by atoms with Crippen molar-refractivity contribution >= 4 is 5.91 Å². The maximum Gasteiger partial charge on any atom is 0.227 e. The summed E-state index contributed by atoms with van der Waals surface area (Å²) in [7, 11) is 0. The molecule has 1 heterocycles. The number of amides is 1. The molecule has 2 aromatic rings. The number of rotatable bonds is 7. The minimum atomic E-state index is -0.282. The third-order valence-corrected chi connectivity index (χ3v) is 4.40. The van der Waals surface area contributed by atoms with Crippen LogP contribution in [0.2, 0.25) is 0 Å². The van der Waals surface area contributed by atoms with Gasteiger partial charge in [0, 0.05) is 30.4 Å². The van der Waals surface area contributed by atoms with Crippen LogP contribution in [0.3, 0.4) is 0 Å². The Morgan fingerprint density at radius 3 is 2.92 bits per heavy atom. The molecule has 1 saturated carbocycles. The van der Waals surface area contributed by atoms with Crippen molar-refractivity contribution in [2.75, 3.05) is 13.2 Å². The second-order valence-electron chi connectivity index (χ2n) is 6.41. The van der Waals surface area contributed by atoms with Gasteiger partial charge in [-0.1, -0.05) is 5.16 Å². The Labute approximate surface area is 139 Å². The number of aromatic nitrogens is 2. The van der Waals surface area contributed by atoms with Crippen molar-refractivity contribution in [3.8, 4) is 11.4 Å². The molecule has 1 aliphatic carbocycles. The van der Waals surface area contributed by atoms with Crippen LogP contribution in [0.1, 0.15) is 30.7 Å². The van der Waals surface area contributed by atoms with Crippen LogP contribution in [-0.2, 0) is 11.2 Å². The van der Waals surface area contributed by atoms with Gasteiger partial charge in [0.2, 0.25) is 17.6 Å². The maximum atomic E-state index is 13.3. The van der Waals surface area contributed by atoms with Crippen molar-refractivity contribution in [3.63, 3.8) is 0 Å². The number of carbonyl (C=O) groups is 1. The van der Waals surface area contributed by atoms with Crippen molar-refractivity contribution in [2.24, 2.45) is 5.41 Å². The molecule has 1 aromatic heterocycles. The SMILES string of the molecule is Cc1cc(-c2noc(CCC(=O)NCC3(CO)CC3)n2)ccc1F. The number of nitrogens with zero attached hydrogens (tertiary/aromatic N) is 2. The van der Waals surface area contributed by atoms with E-state index in [9.17, 15) is 14.3 Å². The number of aliphatic hydroxyl groups is 1. The van der Waals surface area contributed by atoms with E-state index in [0.29, 0.717) is 35.8 Å². The molecule has 7 heteroatoms. The Morgan fingerprint density at radius 2 is 2.25 bits per heavy atom. The van der Waals surface area contributed by atoms with Crippen molar-refractivity contribution < 1.29 is 18.8 Å². The van der Waals surface area contributed by atoms with Gasteiger partial charge < -0.3 is 14.9 Å². The standard InChI is InChI=1S/C17H20FN3O3/c1-11-8-12(2-3-13(11)18)16-20-15(24-21-16)5-4-14(23)19-9-17(10-22)6-7-17/h2-3,8,22H,4-7,9-10H2,1H3,(H,19,23). The third kappa shape index (κ3) is 3.79. The summed E-state index contributed by atoms with van der Waals surface area (Å²) in [6.07, 6.45) is 2.48. The molecule has 1 fully saturated rings. The lowest BCUT2D eigenvalue weighted by Crippen LogP contribution is -2.31. The number of aryl methyl sites for hydroxylation is 2. The van der Waals surface area contributed by atoms with Gasteiger partial charge in [-0.15, -0.1) is 0 Å². The summed E-state index contributed by atoms with van der Waals surface area (Å²) in [5.41, 5.74) is 1.08. The van der Waals surface area contributed by atoms with Crippen LogP contribution in [0.25, 0.3) is 11.4 Å². The van der Waals surface area contributed by atoms with E-state index in [1.807, 2.05) is 0 Å². The molecular formula is C17H20FN3O3. The largest absolute Gasteiger partial charge is 0.396 e. The minimum Gasteiger partial charge on any atom is -0.396 e.